The van der Waals surface area contributed by atoms with Crippen molar-refractivity contribution in [2.24, 2.45) is 0 Å². The van der Waals surface area contributed by atoms with Crippen molar-refractivity contribution in [3.05, 3.63) is 0 Å². The summed E-state index contributed by atoms with van der Waals surface area (Å²) in [5.74, 6) is 2.62. The van der Waals surface area contributed by atoms with Gasteiger partial charge in [-0.05, 0) is 27.3 Å². The Bertz CT molecular complexity index is 159. The molecule has 0 amide bonds. The lowest BCUT2D eigenvalue weighted by molar-refractivity contribution is -0.153. The predicted octanol–water partition coefficient (Wildman–Crippen LogP) is 1.39. The number of hydrogen-bond donors (Lipinski definition) is 1. The minimum Gasteiger partial charge on any atom is -0.351 e. The van der Waals surface area contributed by atoms with Crippen molar-refractivity contribution in [2.75, 3.05) is 20.3 Å². The van der Waals surface area contributed by atoms with Gasteiger partial charge in [0.05, 0.1) is 6.04 Å². The molecule has 0 aromatic heterocycles. The highest BCUT2D eigenvalue weighted by atomic mass is 16.7. The molecule has 0 saturated heterocycles. The summed E-state index contributed by atoms with van der Waals surface area (Å²) in [6, 6.07) is 0.172. The standard InChI is InChI=1S/C11H21NO2/c1-5-8-9-10(12-4)11(13-6-2)14-7-3/h1,10-12H,6-9H2,2-4H3. The van der Waals surface area contributed by atoms with Gasteiger partial charge in [0.1, 0.15) is 0 Å². The number of terminal acetylenes is 1. The average Bonchev–Trinajstić information content (AvgIpc) is 2.19. The van der Waals surface area contributed by atoms with Crippen molar-refractivity contribution in [1.29, 1.82) is 0 Å². The zero-order chi connectivity index (χ0) is 10.8. The molecule has 0 aliphatic heterocycles. The topological polar surface area (TPSA) is 30.5 Å². The second kappa shape index (κ2) is 9.01. The summed E-state index contributed by atoms with van der Waals surface area (Å²) in [7, 11) is 1.90. The van der Waals surface area contributed by atoms with E-state index in [0.717, 1.165) is 12.8 Å². The van der Waals surface area contributed by atoms with Gasteiger partial charge in [0.15, 0.2) is 6.29 Å². The number of ether oxygens (including phenoxy) is 2. The lowest BCUT2D eigenvalue weighted by Crippen LogP contribution is -2.41. The van der Waals surface area contributed by atoms with Crippen LogP contribution in [0.25, 0.3) is 0 Å². The Balaban J connectivity index is 4.04. The molecule has 0 rings (SSSR count). The number of likely N-dealkylation sites (N-methyl/N-ethyl adjacent to an activating group) is 1. The summed E-state index contributed by atoms with van der Waals surface area (Å²) < 4.78 is 11.0. The number of rotatable bonds is 8. The first-order valence-corrected chi connectivity index (χ1v) is 5.14. The first-order valence-electron chi connectivity index (χ1n) is 5.14. The maximum absolute atomic E-state index is 5.48. The molecule has 0 heterocycles. The quantitative estimate of drug-likeness (QED) is 0.473. The van der Waals surface area contributed by atoms with Crippen molar-refractivity contribution in [2.45, 2.75) is 39.0 Å². The SMILES string of the molecule is C#CCCC(NC)C(OCC)OCC. The second-order valence-corrected chi connectivity index (χ2v) is 2.92. The van der Waals surface area contributed by atoms with Crippen LogP contribution in [0.2, 0.25) is 0 Å². The van der Waals surface area contributed by atoms with Crippen LogP contribution in [0.4, 0.5) is 0 Å². The third kappa shape index (κ3) is 5.23. The highest BCUT2D eigenvalue weighted by Crippen LogP contribution is 2.07. The smallest absolute Gasteiger partial charge is 0.172 e. The van der Waals surface area contributed by atoms with E-state index in [-0.39, 0.29) is 12.3 Å². The monoisotopic (exact) mass is 199 g/mol. The van der Waals surface area contributed by atoms with Gasteiger partial charge in [-0.25, -0.2) is 0 Å². The van der Waals surface area contributed by atoms with E-state index in [1.807, 2.05) is 20.9 Å². The Hall–Kier alpha value is -0.560. The van der Waals surface area contributed by atoms with Crippen LogP contribution in [0.15, 0.2) is 0 Å². The highest BCUT2D eigenvalue weighted by molar-refractivity contribution is 4.86. The summed E-state index contributed by atoms with van der Waals surface area (Å²) in [6.07, 6.45) is 6.64. The van der Waals surface area contributed by atoms with Gasteiger partial charge in [-0.15, -0.1) is 12.3 Å². The fourth-order valence-electron chi connectivity index (χ4n) is 1.26. The van der Waals surface area contributed by atoms with Gasteiger partial charge in [0.25, 0.3) is 0 Å². The first-order chi connectivity index (χ1) is 6.79. The molecule has 0 aromatic rings. The van der Waals surface area contributed by atoms with E-state index in [2.05, 4.69) is 11.2 Å². The highest BCUT2D eigenvalue weighted by Gasteiger charge is 2.19. The molecule has 0 bridgehead atoms. The van der Waals surface area contributed by atoms with Gasteiger partial charge >= 0.3 is 0 Å². The molecule has 0 aliphatic carbocycles. The van der Waals surface area contributed by atoms with Gasteiger partial charge in [0.2, 0.25) is 0 Å². The summed E-state index contributed by atoms with van der Waals surface area (Å²) in [6.45, 7) is 5.22. The summed E-state index contributed by atoms with van der Waals surface area (Å²) in [5, 5.41) is 3.16. The molecule has 0 fully saturated rings. The molecule has 0 aliphatic rings. The molecule has 1 atom stereocenters. The average molecular weight is 199 g/mol. The summed E-state index contributed by atoms with van der Waals surface area (Å²) >= 11 is 0. The zero-order valence-electron chi connectivity index (χ0n) is 9.38. The van der Waals surface area contributed by atoms with Gasteiger partial charge < -0.3 is 14.8 Å². The van der Waals surface area contributed by atoms with Crippen LogP contribution in [0, 0.1) is 12.3 Å². The number of hydrogen-bond acceptors (Lipinski definition) is 3. The van der Waals surface area contributed by atoms with Gasteiger partial charge in [-0.2, -0.15) is 0 Å². The first kappa shape index (κ1) is 13.4. The van der Waals surface area contributed by atoms with E-state index in [4.69, 9.17) is 15.9 Å². The molecule has 0 aromatic carbocycles. The summed E-state index contributed by atoms with van der Waals surface area (Å²) in [4.78, 5) is 0. The molecule has 0 saturated carbocycles. The van der Waals surface area contributed by atoms with Crippen LogP contribution in [-0.2, 0) is 9.47 Å². The molecule has 3 nitrogen and oxygen atoms in total. The van der Waals surface area contributed by atoms with Gasteiger partial charge in [-0.3, -0.25) is 0 Å². The minimum atomic E-state index is -0.191. The fourth-order valence-corrected chi connectivity index (χ4v) is 1.26. The normalized spacial score (nSPS) is 12.8. The molecule has 82 valence electrons. The van der Waals surface area contributed by atoms with Crippen molar-refractivity contribution in [3.63, 3.8) is 0 Å². The van der Waals surface area contributed by atoms with E-state index in [0.29, 0.717) is 13.2 Å². The fraction of sp³-hybridized carbons (Fsp3) is 0.818. The third-order valence-electron chi connectivity index (χ3n) is 1.96. The Morgan fingerprint density at radius 2 is 1.86 bits per heavy atom. The van der Waals surface area contributed by atoms with Crippen molar-refractivity contribution in [1.82, 2.24) is 5.32 Å². The van der Waals surface area contributed by atoms with Gasteiger partial charge in [-0.1, -0.05) is 0 Å². The molecule has 0 spiro atoms. The van der Waals surface area contributed by atoms with E-state index in [1.54, 1.807) is 0 Å². The van der Waals surface area contributed by atoms with Gasteiger partial charge in [0, 0.05) is 19.6 Å². The van der Waals surface area contributed by atoms with Crippen molar-refractivity contribution >= 4 is 0 Å². The van der Waals surface area contributed by atoms with Crippen LogP contribution >= 0.6 is 0 Å². The third-order valence-corrected chi connectivity index (χ3v) is 1.96. The molecular formula is C11H21NO2. The van der Waals surface area contributed by atoms with Crippen LogP contribution in [0.1, 0.15) is 26.7 Å². The Morgan fingerprint density at radius 1 is 1.29 bits per heavy atom. The molecule has 1 N–H and O–H groups in total. The van der Waals surface area contributed by atoms with Crippen LogP contribution < -0.4 is 5.32 Å². The van der Waals surface area contributed by atoms with Crippen molar-refractivity contribution in [3.8, 4) is 12.3 Å². The molecule has 1 unspecified atom stereocenters. The lowest BCUT2D eigenvalue weighted by Gasteiger charge is -2.25. The summed E-state index contributed by atoms with van der Waals surface area (Å²) in [5.41, 5.74) is 0. The van der Waals surface area contributed by atoms with E-state index >= 15 is 0 Å². The molecule has 14 heavy (non-hydrogen) atoms. The largest absolute Gasteiger partial charge is 0.351 e. The van der Waals surface area contributed by atoms with Crippen LogP contribution in [0.3, 0.4) is 0 Å². The maximum Gasteiger partial charge on any atom is 0.172 e. The Labute approximate surface area is 87.2 Å². The van der Waals surface area contributed by atoms with Crippen LogP contribution in [0.5, 0.6) is 0 Å². The molecular weight excluding hydrogens is 178 g/mol. The molecule has 0 radical (unpaired) electrons. The Morgan fingerprint density at radius 3 is 2.21 bits per heavy atom. The second-order valence-electron chi connectivity index (χ2n) is 2.92. The minimum absolute atomic E-state index is 0.172. The Kier molecular flexibility index (Phi) is 8.65. The van der Waals surface area contributed by atoms with E-state index < -0.39 is 0 Å². The van der Waals surface area contributed by atoms with E-state index in [9.17, 15) is 0 Å². The molecule has 3 heteroatoms. The van der Waals surface area contributed by atoms with Crippen LogP contribution in [-0.4, -0.2) is 32.6 Å². The predicted molar refractivity (Wildman–Crippen MR) is 58.0 cm³/mol. The lowest BCUT2D eigenvalue weighted by atomic mass is 10.1. The maximum atomic E-state index is 5.48. The van der Waals surface area contributed by atoms with E-state index in [1.165, 1.54) is 0 Å². The zero-order valence-corrected chi connectivity index (χ0v) is 9.38. The number of nitrogens with one attached hydrogen (secondary N) is 1. The van der Waals surface area contributed by atoms with Crippen molar-refractivity contribution < 1.29 is 9.47 Å².